The Morgan fingerprint density at radius 1 is 1.53 bits per heavy atom. The first kappa shape index (κ1) is 8.99. The van der Waals surface area contributed by atoms with Crippen molar-refractivity contribution in [2.45, 2.75) is 0 Å². The zero-order chi connectivity index (χ0) is 10.8. The SMILES string of the molecule is O=c1[nH]nnn1-c1ccncc1[N+](=O)[O-]. The number of H-pyrrole nitrogens is 1. The molecule has 2 rings (SSSR count). The molecule has 0 amide bonds. The Bertz CT molecular complexity index is 558. The van der Waals surface area contributed by atoms with E-state index in [1.54, 1.807) is 0 Å². The number of nitro groups is 1. The highest BCUT2D eigenvalue weighted by molar-refractivity contribution is 5.48. The van der Waals surface area contributed by atoms with Gasteiger partial charge in [-0.1, -0.05) is 0 Å². The third-order valence-electron chi connectivity index (χ3n) is 1.67. The molecule has 2 aromatic rings. The molecular formula is C6H4N6O3. The fraction of sp³-hybridized carbons (Fsp3) is 0. The summed E-state index contributed by atoms with van der Waals surface area (Å²) in [4.78, 5) is 24.7. The van der Waals surface area contributed by atoms with Crippen molar-refractivity contribution in [3.8, 4) is 5.69 Å². The average Bonchev–Trinajstić information content (AvgIpc) is 2.64. The Labute approximate surface area is 81.5 Å². The molecule has 0 radical (unpaired) electrons. The third kappa shape index (κ3) is 1.45. The van der Waals surface area contributed by atoms with Crippen molar-refractivity contribution in [3.63, 3.8) is 0 Å². The summed E-state index contributed by atoms with van der Waals surface area (Å²) in [6.45, 7) is 0. The van der Waals surface area contributed by atoms with Crippen molar-refractivity contribution in [2.24, 2.45) is 0 Å². The lowest BCUT2D eigenvalue weighted by atomic mass is 10.3. The smallest absolute Gasteiger partial charge is 0.258 e. The van der Waals surface area contributed by atoms with Crippen molar-refractivity contribution in [2.75, 3.05) is 0 Å². The quantitative estimate of drug-likeness (QED) is 0.512. The number of hydrogen-bond acceptors (Lipinski definition) is 6. The summed E-state index contributed by atoms with van der Waals surface area (Å²) in [5, 5.41) is 19.3. The van der Waals surface area contributed by atoms with Crippen molar-refractivity contribution >= 4 is 5.69 Å². The highest BCUT2D eigenvalue weighted by Crippen LogP contribution is 2.17. The van der Waals surface area contributed by atoms with E-state index < -0.39 is 10.6 Å². The van der Waals surface area contributed by atoms with Crippen LogP contribution in [0.4, 0.5) is 5.69 Å². The lowest BCUT2D eigenvalue weighted by Crippen LogP contribution is -2.17. The zero-order valence-electron chi connectivity index (χ0n) is 7.19. The Morgan fingerprint density at radius 2 is 2.33 bits per heavy atom. The molecule has 1 N–H and O–H groups in total. The minimum atomic E-state index is -0.649. The number of aromatic nitrogens is 5. The second kappa shape index (κ2) is 3.29. The van der Waals surface area contributed by atoms with Gasteiger partial charge >= 0.3 is 11.4 Å². The molecule has 0 aliphatic carbocycles. The van der Waals surface area contributed by atoms with E-state index in [9.17, 15) is 14.9 Å². The van der Waals surface area contributed by atoms with Crippen LogP contribution < -0.4 is 5.69 Å². The van der Waals surface area contributed by atoms with Gasteiger partial charge in [0.1, 0.15) is 6.20 Å². The van der Waals surface area contributed by atoms with Gasteiger partial charge in [0.15, 0.2) is 5.69 Å². The molecule has 76 valence electrons. The van der Waals surface area contributed by atoms with Crippen LogP contribution in [0.5, 0.6) is 0 Å². The summed E-state index contributed by atoms with van der Waals surface area (Å²) in [5.41, 5.74) is -0.938. The molecule has 0 spiro atoms. The van der Waals surface area contributed by atoms with Crippen molar-refractivity contribution in [1.29, 1.82) is 0 Å². The van der Waals surface area contributed by atoms with Gasteiger partial charge in [0.25, 0.3) is 0 Å². The number of tetrazole rings is 1. The molecule has 2 aromatic heterocycles. The topological polar surface area (TPSA) is 120 Å². The van der Waals surface area contributed by atoms with Crippen LogP contribution in [0.1, 0.15) is 0 Å². The van der Waals surface area contributed by atoms with Gasteiger partial charge in [-0.2, -0.15) is 4.68 Å². The molecule has 0 atom stereocenters. The van der Waals surface area contributed by atoms with E-state index in [2.05, 4.69) is 15.4 Å². The Morgan fingerprint density at radius 3 is 2.93 bits per heavy atom. The average molecular weight is 208 g/mol. The number of pyridine rings is 1. The van der Waals surface area contributed by atoms with Gasteiger partial charge < -0.3 is 0 Å². The first-order chi connectivity index (χ1) is 7.20. The summed E-state index contributed by atoms with van der Waals surface area (Å²) >= 11 is 0. The van der Waals surface area contributed by atoms with Gasteiger partial charge in [-0.05, 0) is 16.5 Å². The molecular weight excluding hydrogens is 204 g/mol. The molecule has 9 nitrogen and oxygen atoms in total. The van der Waals surface area contributed by atoms with Crippen LogP contribution in [0.3, 0.4) is 0 Å². The molecule has 0 bridgehead atoms. The molecule has 0 aromatic carbocycles. The summed E-state index contributed by atoms with van der Waals surface area (Å²) in [5.74, 6) is 0. The van der Waals surface area contributed by atoms with Crippen LogP contribution in [0.25, 0.3) is 5.69 Å². The molecule has 0 unspecified atom stereocenters. The van der Waals surface area contributed by atoms with Gasteiger partial charge in [-0.25, -0.2) is 9.89 Å². The maximum absolute atomic E-state index is 11.1. The van der Waals surface area contributed by atoms with Gasteiger partial charge in [0.05, 0.1) is 4.92 Å². The molecule has 2 heterocycles. The molecule has 0 saturated carbocycles. The molecule has 15 heavy (non-hydrogen) atoms. The van der Waals surface area contributed by atoms with Crippen LogP contribution >= 0.6 is 0 Å². The summed E-state index contributed by atoms with van der Waals surface area (Å²) in [6, 6.07) is 1.31. The van der Waals surface area contributed by atoms with E-state index in [1.165, 1.54) is 12.3 Å². The standard InChI is InChI=1S/C6H4N6O3/c13-6-8-9-10-11(6)4-1-2-7-3-5(4)12(14)15/h1-3H,(H,8,10,13). The Hall–Kier alpha value is -2.58. The van der Waals surface area contributed by atoms with Gasteiger partial charge in [0, 0.05) is 6.20 Å². The number of aromatic amines is 1. The maximum atomic E-state index is 11.1. The minimum Gasteiger partial charge on any atom is -0.258 e. The predicted octanol–water partition coefficient (Wildman–Crippen LogP) is -0.741. The summed E-state index contributed by atoms with van der Waals surface area (Å²) < 4.78 is 0.791. The van der Waals surface area contributed by atoms with E-state index in [0.717, 1.165) is 10.9 Å². The number of hydrogen-bond donors (Lipinski definition) is 1. The van der Waals surface area contributed by atoms with Gasteiger partial charge in [0.2, 0.25) is 0 Å². The van der Waals surface area contributed by atoms with Crippen molar-refractivity contribution in [3.05, 3.63) is 39.1 Å². The number of nitrogens with one attached hydrogen (secondary N) is 1. The van der Waals surface area contributed by atoms with Crippen LogP contribution in [0.15, 0.2) is 23.3 Å². The monoisotopic (exact) mass is 208 g/mol. The van der Waals surface area contributed by atoms with E-state index in [1.807, 2.05) is 5.10 Å². The van der Waals surface area contributed by atoms with Crippen LogP contribution in [0, 0.1) is 10.1 Å². The normalized spacial score (nSPS) is 10.1. The van der Waals surface area contributed by atoms with E-state index in [0.29, 0.717) is 0 Å². The highest BCUT2D eigenvalue weighted by Gasteiger charge is 2.17. The molecule has 0 fully saturated rings. The van der Waals surface area contributed by atoms with Crippen molar-refractivity contribution in [1.82, 2.24) is 25.2 Å². The van der Waals surface area contributed by atoms with Gasteiger partial charge in [-0.15, -0.1) is 0 Å². The molecule has 0 saturated heterocycles. The van der Waals surface area contributed by atoms with E-state index >= 15 is 0 Å². The van der Waals surface area contributed by atoms with Crippen LogP contribution in [0.2, 0.25) is 0 Å². The second-order valence-electron chi connectivity index (χ2n) is 2.54. The fourth-order valence-electron chi connectivity index (χ4n) is 1.05. The predicted molar refractivity (Wildman–Crippen MR) is 46.4 cm³/mol. The largest absolute Gasteiger partial charge is 0.366 e. The number of nitrogens with zero attached hydrogens (tertiary/aromatic N) is 5. The highest BCUT2D eigenvalue weighted by atomic mass is 16.6. The molecule has 0 aliphatic heterocycles. The Balaban J connectivity index is 2.68. The van der Waals surface area contributed by atoms with Crippen LogP contribution in [-0.4, -0.2) is 30.1 Å². The van der Waals surface area contributed by atoms with E-state index in [4.69, 9.17) is 0 Å². The van der Waals surface area contributed by atoms with Gasteiger partial charge in [-0.3, -0.25) is 15.1 Å². The van der Waals surface area contributed by atoms with Crippen molar-refractivity contribution < 1.29 is 4.92 Å². The van der Waals surface area contributed by atoms with Crippen LogP contribution in [-0.2, 0) is 0 Å². The first-order valence-corrected chi connectivity index (χ1v) is 3.79. The zero-order valence-corrected chi connectivity index (χ0v) is 7.19. The lowest BCUT2D eigenvalue weighted by molar-refractivity contribution is -0.385. The molecule has 9 heteroatoms. The summed E-state index contributed by atoms with van der Waals surface area (Å²) in [7, 11) is 0. The van der Waals surface area contributed by atoms with E-state index in [-0.39, 0.29) is 11.4 Å². The fourth-order valence-corrected chi connectivity index (χ4v) is 1.05. The second-order valence-corrected chi connectivity index (χ2v) is 2.54. The summed E-state index contributed by atoms with van der Waals surface area (Å²) in [6.07, 6.45) is 2.36. The maximum Gasteiger partial charge on any atom is 0.366 e. The lowest BCUT2D eigenvalue weighted by Gasteiger charge is -1.97. The number of rotatable bonds is 2. The first-order valence-electron chi connectivity index (χ1n) is 3.79. The minimum absolute atomic E-state index is 0.0220. The molecule has 0 aliphatic rings. The Kier molecular flexibility index (Phi) is 1.97. The third-order valence-corrected chi connectivity index (χ3v) is 1.67.